The lowest BCUT2D eigenvalue weighted by Crippen LogP contribution is -2.44. The fourth-order valence-electron chi connectivity index (χ4n) is 3.71. The van der Waals surface area contributed by atoms with E-state index in [1.165, 1.54) is 37.4 Å². The molecule has 118 valence electrons. The minimum atomic E-state index is 0.394. The third-order valence-electron chi connectivity index (χ3n) is 5.11. The standard InChI is InChI=1S/C17H25N5/c1-19-10-11-20(2)15(13-19)14-12-22-16(18-14)6-5-7-17(22)21-8-3-4-9-21/h5-7,12,15H,3-4,8-11,13H2,1-2H3. The molecule has 2 saturated heterocycles. The van der Waals surface area contributed by atoms with E-state index in [0.29, 0.717) is 6.04 Å². The maximum atomic E-state index is 4.92. The maximum absolute atomic E-state index is 4.92. The lowest BCUT2D eigenvalue weighted by atomic mass is 10.1. The number of fused-ring (bicyclic) bond motifs is 1. The number of hydrogen-bond donors (Lipinski definition) is 0. The highest BCUT2D eigenvalue weighted by molar-refractivity contribution is 5.53. The van der Waals surface area contributed by atoms with Gasteiger partial charge in [-0.25, -0.2) is 4.98 Å². The number of rotatable bonds is 2. The van der Waals surface area contributed by atoms with Gasteiger partial charge in [-0.3, -0.25) is 9.30 Å². The molecule has 2 aliphatic rings. The summed E-state index contributed by atoms with van der Waals surface area (Å²) in [5.41, 5.74) is 2.27. The molecule has 5 heteroatoms. The van der Waals surface area contributed by atoms with Crippen LogP contribution in [0, 0.1) is 0 Å². The molecule has 4 rings (SSSR count). The summed E-state index contributed by atoms with van der Waals surface area (Å²) >= 11 is 0. The van der Waals surface area contributed by atoms with Crippen LogP contribution in [0.25, 0.3) is 5.65 Å². The van der Waals surface area contributed by atoms with E-state index < -0.39 is 0 Å². The summed E-state index contributed by atoms with van der Waals surface area (Å²) in [6.07, 6.45) is 4.85. The van der Waals surface area contributed by atoms with E-state index in [2.05, 4.69) is 57.6 Å². The first kappa shape index (κ1) is 14.0. The van der Waals surface area contributed by atoms with Gasteiger partial charge in [-0.15, -0.1) is 0 Å². The second-order valence-corrected chi connectivity index (χ2v) is 6.73. The first-order valence-electron chi connectivity index (χ1n) is 8.34. The average molecular weight is 299 g/mol. The summed E-state index contributed by atoms with van der Waals surface area (Å²) in [6, 6.07) is 6.87. The van der Waals surface area contributed by atoms with Gasteiger partial charge >= 0.3 is 0 Å². The topological polar surface area (TPSA) is 27.0 Å². The van der Waals surface area contributed by atoms with Gasteiger partial charge in [0.1, 0.15) is 11.5 Å². The first-order chi connectivity index (χ1) is 10.7. The number of nitrogens with zero attached hydrogens (tertiary/aromatic N) is 5. The molecule has 2 fully saturated rings. The van der Waals surface area contributed by atoms with E-state index in [9.17, 15) is 0 Å². The van der Waals surface area contributed by atoms with Gasteiger partial charge in [0.2, 0.25) is 0 Å². The van der Waals surface area contributed by atoms with Crippen LogP contribution < -0.4 is 4.90 Å². The smallest absolute Gasteiger partial charge is 0.138 e. The predicted molar refractivity (Wildman–Crippen MR) is 89.5 cm³/mol. The lowest BCUT2D eigenvalue weighted by molar-refractivity contribution is 0.113. The molecule has 4 heterocycles. The van der Waals surface area contributed by atoms with Gasteiger partial charge in [-0.2, -0.15) is 0 Å². The normalized spacial score (nSPS) is 24.5. The van der Waals surface area contributed by atoms with Gasteiger partial charge in [0.05, 0.1) is 11.7 Å². The summed E-state index contributed by atoms with van der Waals surface area (Å²) in [7, 11) is 4.41. The summed E-state index contributed by atoms with van der Waals surface area (Å²) in [6.45, 7) is 5.63. The van der Waals surface area contributed by atoms with Crippen LogP contribution in [0.3, 0.4) is 0 Å². The Morgan fingerprint density at radius 3 is 2.68 bits per heavy atom. The van der Waals surface area contributed by atoms with Gasteiger partial charge in [0, 0.05) is 38.9 Å². The quantitative estimate of drug-likeness (QED) is 0.846. The Morgan fingerprint density at radius 2 is 1.86 bits per heavy atom. The number of imidazole rings is 1. The Kier molecular flexibility index (Phi) is 3.54. The number of anilines is 1. The fraction of sp³-hybridized carbons (Fsp3) is 0.588. The third-order valence-corrected chi connectivity index (χ3v) is 5.11. The first-order valence-corrected chi connectivity index (χ1v) is 8.34. The molecule has 2 aliphatic heterocycles. The van der Waals surface area contributed by atoms with Crippen molar-refractivity contribution >= 4 is 11.5 Å². The van der Waals surface area contributed by atoms with Crippen LogP contribution in [0.5, 0.6) is 0 Å². The van der Waals surface area contributed by atoms with Crippen LogP contribution in [-0.4, -0.2) is 66.0 Å². The van der Waals surface area contributed by atoms with Gasteiger partial charge in [-0.05, 0) is 39.1 Å². The zero-order chi connectivity index (χ0) is 15.1. The molecule has 1 atom stereocenters. The van der Waals surface area contributed by atoms with Crippen molar-refractivity contribution in [1.82, 2.24) is 19.2 Å². The Balaban J connectivity index is 1.72. The zero-order valence-corrected chi connectivity index (χ0v) is 13.6. The Hall–Kier alpha value is -1.59. The van der Waals surface area contributed by atoms with Crippen molar-refractivity contribution in [3.63, 3.8) is 0 Å². The fourth-order valence-corrected chi connectivity index (χ4v) is 3.71. The highest BCUT2D eigenvalue weighted by Crippen LogP contribution is 2.27. The molecule has 0 radical (unpaired) electrons. The number of hydrogen-bond acceptors (Lipinski definition) is 4. The average Bonchev–Trinajstić information content (AvgIpc) is 3.17. The van der Waals surface area contributed by atoms with Crippen molar-refractivity contribution in [3.8, 4) is 0 Å². The number of likely N-dealkylation sites (N-methyl/N-ethyl adjacent to an activating group) is 2. The highest BCUT2D eigenvalue weighted by atomic mass is 15.3. The maximum Gasteiger partial charge on any atom is 0.138 e. The van der Waals surface area contributed by atoms with Crippen molar-refractivity contribution < 1.29 is 0 Å². The molecule has 0 aliphatic carbocycles. The Morgan fingerprint density at radius 1 is 1.05 bits per heavy atom. The number of piperazine rings is 1. The number of aromatic nitrogens is 2. The zero-order valence-electron chi connectivity index (χ0n) is 13.6. The molecule has 0 aromatic carbocycles. The van der Waals surface area contributed by atoms with Crippen molar-refractivity contribution in [2.24, 2.45) is 0 Å². The molecule has 22 heavy (non-hydrogen) atoms. The second-order valence-electron chi connectivity index (χ2n) is 6.73. The third kappa shape index (κ3) is 2.38. The minimum absolute atomic E-state index is 0.394. The highest BCUT2D eigenvalue weighted by Gasteiger charge is 2.26. The van der Waals surface area contributed by atoms with E-state index in [1.54, 1.807) is 0 Å². The van der Waals surface area contributed by atoms with Crippen LogP contribution in [0.2, 0.25) is 0 Å². The van der Waals surface area contributed by atoms with Crippen molar-refractivity contribution in [3.05, 3.63) is 30.1 Å². The molecule has 0 N–H and O–H groups in total. The van der Waals surface area contributed by atoms with E-state index in [1.807, 2.05) is 0 Å². The molecule has 0 spiro atoms. The van der Waals surface area contributed by atoms with Crippen molar-refractivity contribution in [2.75, 3.05) is 51.7 Å². The molecule has 0 amide bonds. The van der Waals surface area contributed by atoms with E-state index in [-0.39, 0.29) is 0 Å². The predicted octanol–water partition coefficient (Wildman–Crippen LogP) is 1.85. The molecule has 5 nitrogen and oxygen atoms in total. The molecular weight excluding hydrogens is 274 g/mol. The summed E-state index contributed by atoms with van der Waals surface area (Å²) in [5.74, 6) is 1.29. The van der Waals surface area contributed by atoms with Crippen LogP contribution in [0.1, 0.15) is 24.6 Å². The Labute approximate surface area is 132 Å². The minimum Gasteiger partial charge on any atom is -0.358 e. The summed E-state index contributed by atoms with van der Waals surface area (Å²) in [5, 5.41) is 0. The molecule has 0 saturated carbocycles. The van der Waals surface area contributed by atoms with E-state index >= 15 is 0 Å². The molecule has 2 aromatic rings. The largest absolute Gasteiger partial charge is 0.358 e. The van der Waals surface area contributed by atoms with Crippen LogP contribution >= 0.6 is 0 Å². The van der Waals surface area contributed by atoms with Gasteiger partial charge < -0.3 is 9.80 Å². The van der Waals surface area contributed by atoms with Crippen molar-refractivity contribution in [2.45, 2.75) is 18.9 Å². The molecule has 1 unspecified atom stereocenters. The molecular formula is C17H25N5. The van der Waals surface area contributed by atoms with E-state index in [4.69, 9.17) is 4.98 Å². The molecule has 2 aromatic heterocycles. The summed E-state index contributed by atoms with van der Waals surface area (Å²) in [4.78, 5) is 12.2. The van der Waals surface area contributed by atoms with Crippen LogP contribution in [0.4, 0.5) is 5.82 Å². The second kappa shape index (κ2) is 5.56. The monoisotopic (exact) mass is 299 g/mol. The van der Waals surface area contributed by atoms with Crippen LogP contribution in [-0.2, 0) is 0 Å². The summed E-state index contributed by atoms with van der Waals surface area (Å²) < 4.78 is 2.28. The lowest BCUT2D eigenvalue weighted by Gasteiger charge is -2.36. The van der Waals surface area contributed by atoms with Gasteiger partial charge in [0.25, 0.3) is 0 Å². The van der Waals surface area contributed by atoms with Gasteiger partial charge in [-0.1, -0.05) is 6.07 Å². The number of pyridine rings is 1. The van der Waals surface area contributed by atoms with E-state index in [0.717, 1.165) is 25.3 Å². The Bertz CT molecular complexity index is 658. The molecule has 0 bridgehead atoms. The van der Waals surface area contributed by atoms with Gasteiger partial charge in [0.15, 0.2) is 0 Å². The SMILES string of the molecule is CN1CCN(C)C(c2cn3c(N4CCCC4)cccc3n2)C1. The van der Waals surface area contributed by atoms with Crippen LogP contribution in [0.15, 0.2) is 24.4 Å². The van der Waals surface area contributed by atoms with Crippen molar-refractivity contribution in [1.29, 1.82) is 0 Å².